The van der Waals surface area contributed by atoms with Crippen LogP contribution in [0.1, 0.15) is 17.0 Å². The Morgan fingerprint density at radius 2 is 1.73 bits per heavy atom. The number of halogens is 2. The lowest BCUT2D eigenvalue weighted by Gasteiger charge is -2.13. The van der Waals surface area contributed by atoms with E-state index in [4.69, 9.17) is 0 Å². The van der Waals surface area contributed by atoms with Gasteiger partial charge in [0.25, 0.3) is 5.56 Å². The molecule has 112 valence electrons. The van der Waals surface area contributed by atoms with Crippen LogP contribution in [-0.2, 0) is 0 Å². The van der Waals surface area contributed by atoms with Crippen molar-refractivity contribution in [1.29, 1.82) is 0 Å². The first-order valence-electron chi connectivity index (χ1n) is 6.84. The second kappa shape index (κ2) is 5.63. The van der Waals surface area contributed by atoms with Gasteiger partial charge in [0.05, 0.1) is 16.6 Å². The number of aryl methyl sites for hydroxylation is 3. The molecule has 0 unspecified atom stereocenters. The Labute approximate surface area is 145 Å². The molecule has 0 amide bonds. The molecule has 0 N–H and O–H groups in total. The number of benzene rings is 2. The Morgan fingerprint density at radius 1 is 1.00 bits per heavy atom. The van der Waals surface area contributed by atoms with Gasteiger partial charge in [-0.1, -0.05) is 22.0 Å². The third-order valence-corrected chi connectivity index (χ3v) is 4.87. The largest absolute Gasteiger partial charge is 0.268 e. The monoisotopic (exact) mass is 420 g/mol. The van der Waals surface area contributed by atoms with Gasteiger partial charge >= 0.3 is 0 Å². The maximum Gasteiger partial charge on any atom is 0.266 e. The topological polar surface area (TPSA) is 34.9 Å². The highest BCUT2D eigenvalue weighted by atomic mass is 79.9. The Morgan fingerprint density at radius 3 is 2.41 bits per heavy atom. The van der Waals surface area contributed by atoms with E-state index in [9.17, 15) is 4.79 Å². The van der Waals surface area contributed by atoms with E-state index in [1.807, 2.05) is 44.2 Å². The van der Waals surface area contributed by atoms with Gasteiger partial charge in [0.2, 0.25) is 0 Å². The molecule has 22 heavy (non-hydrogen) atoms. The van der Waals surface area contributed by atoms with Crippen LogP contribution in [0.5, 0.6) is 0 Å². The molecule has 1 heterocycles. The summed E-state index contributed by atoms with van der Waals surface area (Å²) in [5.41, 5.74) is 3.82. The highest BCUT2D eigenvalue weighted by Gasteiger charge is 2.13. The van der Waals surface area contributed by atoms with Gasteiger partial charge in [-0.2, -0.15) is 0 Å². The highest BCUT2D eigenvalue weighted by Crippen LogP contribution is 2.26. The molecule has 0 bridgehead atoms. The molecule has 0 aliphatic carbocycles. The molecule has 0 aliphatic heterocycles. The van der Waals surface area contributed by atoms with Gasteiger partial charge < -0.3 is 0 Å². The van der Waals surface area contributed by atoms with Crippen molar-refractivity contribution in [2.24, 2.45) is 0 Å². The predicted octanol–water partition coefficient (Wildman–Crippen LogP) is 4.84. The Bertz CT molecular complexity index is 961. The lowest BCUT2D eigenvalue weighted by molar-refractivity contribution is 0.892. The van der Waals surface area contributed by atoms with Gasteiger partial charge in [0, 0.05) is 8.95 Å². The highest BCUT2D eigenvalue weighted by molar-refractivity contribution is 9.11. The molecule has 1 aromatic heterocycles. The normalized spacial score (nSPS) is 11.1. The van der Waals surface area contributed by atoms with Crippen molar-refractivity contribution in [2.45, 2.75) is 20.8 Å². The maximum atomic E-state index is 12.9. The van der Waals surface area contributed by atoms with Crippen LogP contribution in [0, 0.1) is 20.8 Å². The number of hydrogen-bond donors (Lipinski definition) is 0. The average Bonchev–Trinajstić information content (AvgIpc) is 2.44. The van der Waals surface area contributed by atoms with Crippen LogP contribution in [0.2, 0.25) is 0 Å². The number of fused-ring (bicyclic) bond motifs is 1. The first-order chi connectivity index (χ1) is 10.4. The Kier molecular flexibility index (Phi) is 3.95. The summed E-state index contributed by atoms with van der Waals surface area (Å²) in [4.78, 5) is 17.5. The third kappa shape index (κ3) is 2.52. The fourth-order valence-electron chi connectivity index (χ4n) is 2.49. The second-order valence-corrected chi connectivity index (χ2v) is 7.12. The van der Waals surface area contributed by atoms with E-state index in [0.717, 1.165) is 20.2 Å². The number of hydrogen-bond acceptors (Lipinski definition) is 2. The first-order valence-corrected chi connectivity index (χ1v) is 8.43. The molecule has 0 fully saturated rings. The van der Waals surface area contributed by atoms with Crippen LogP contribution in [-0.4, -0.2) is 9.55 Å². The minimum Gasteiger partial charge on any atom is -0.268 e. The molecule has 0 saturated heterocycles. The van der Waals surface area contributed by atoms with Crippen LogP contribution in [0.25, 0.3) is 16.6 Å². The molecule has 3 nitrogen and oxygen atoms in total. The predicted molar refractivity (Wildman–Crippen MR) is 97.0 cm³/mol. The van der Waals surface area contributed by atoms with Crippen LogP contribution < -0.4 is 5.56 Å². The summed E-state index contributed by atoms with van der Waals surface area (Å²) in [6.07, 6.45) is 0. The van der Waals surface area contributed by atoms with Crippen molar-refractivity contribution in [1.82, 2.24) is 9.55 Å². The molecular formula is C17H14Br2N2O. The van der Waals surface area contributed by atoms with Crippen molar-refractivity contribution in [3.8, 4) is 5.69 Å². The molecule has 5 heteroatoms. The molecule has 3 aromatic rings. The molecule has 0 aliphatic rings. The lowest BCUT2D eigenvalue weighted by Crippen LogP contribution is -2.22. The SMILES string of the molecule is Cc1ccc(-n2c(C)nc3c(Br)cc(Br)cc3c2=O)cc1C. The number of rotatable bonds is 1. The van der Waals surface area contributed by atoms with Crippen molar-refractivity contribution in [3.05, 3.63) is 66.6 Å². The van der Waals surface area contributed by atoms with E-state index >= 15 is 0 Å². The summed E-state index contributed by atoms with van der Waals surface area (Å²) in [6, 6.07) is 9.71. The van der Waals surface area contributed by atoms with E-state index in [-0.39, 0.29) is 5.56 Å². The van der Waals surface area contributed by atoms with Crippen LogP contribution in [0.3, 0.4) is 0 Å². The molecular weight excluding hydrogens is 408 g/mol. The smallest absolute Gasteiger partial charge is 0.266 e. The van der Waals surface area contributed by atoms with Crippen LogP contribution >= 0.6 is 31.9 Å². The van der Waals surface area contributed by atoms with E-state index in [1.165, 1.54) is 5.56 Å². The van der Waals surface area contributed by atoms with Gasteiger partial charge in [-0.15, -0.1) is 0 Å². The van der Waals surface area contributed by atoms with Gasteiger partial charge in [0.15, 0.2) is 0 Å². The fraction of sp³-hybridized carbons (Fsp3) is 0.176. The molecule has 0 radical (unpaired) electrons. The fourth-order valence-corrected chi connectivity index (χ4v) is 3.80. The standard InChI is InChI=1S/C17H14Br2N2O/c1-9-4-5-13(6-10(9)2)21-11(3)20-16-14(17(21)22)7-12(18)8-15(16)19/h4-8H,1-3H3. The van der Waals surface area contributed by atoms with Crippen LogP contribution in [0.4, 0.5) is 0 Å². The zero-order chi connectivity index (χ0) is 16.0. The van der Waals surface area contributed by atoms with Gasteiger partial charge in [-0.3, -0.25) is 9.36 Å². The van der Waals surface area contributed by atoms with Crippen molar-refractivity contribution in [2.75, 3.05) is 0 Å². The lowest BCUT2D eigenvalue weighted by atomic mass is 10.1. The van der Waals surface area contributed by atoms with E-state index in [1.54, 1.807) is 4.57 Å². The molecule has 0 saturated carbocycles. The average molecular weight is 422 g/mol. The van der Waals surface area contributed by atoms with Crippen molar-refractivity contribution in [3.63, 3.8) is 0 Å². The first kappa shape index (κ1) is 15.4. The van der Waals surface area contributed by atoms with Crippen molar-refractivity contribution < 1.29 is 0 Å². The van der Waals surface area contributed by atoms with Gasteiger partial charge in [-0.25, -0.2) is 4.98 Å². The third-order valence-electron chi connectivity index (χ3n) is 3.81. The zero-order valence-electron chi connectivity index (χ0n) is 12.4. The Balaban J connectivity index is 2.40. The zero-order valence-corrected chi connectivity index (χ0v) is 15.6. The van der Waals surface area contributed by atoms with Gasteiger partial charge in [0.1, 0.15) is 5.82 Å². The Hall–Kier alpha value is -1.46. The number of aromatic nitrogens is 2. The molecule has 3 rings (SSSR count). The quantitative estimate of drug-likeness (QED) is 0.563. The van der Waals surface area contributed by atoms with Crippen LogP contribution in [0.15, 0.2) is 44.1 Å². The van der Waals surface area contributed by atoms with Crippen molar-refractivity contribution >= 4 is 42.8 Å². The maximum absolute atomic E-state index is 12.9. The summed E-state index contributed by atoms with van der Waals surface area (Å²) < 4.78 is 3.32. The number of nitrogens with zero attached hydrogens (tertiary/aromatic N) is 2. The molecule has 0 spiro atoms. The van der Waals surface area contributed by atoms with E-state index < -0.39 is 0 Å². The minimum atomic E-state index is -0.0623. The molecule has 2 aromatic carbocycles. The minimum absolute atomic E-state index is 0.0623. The summed E-state index contributed by atoms with van der Waals surface area (Å²) in [7, 11) is 0. The summed E-state index contributed by atoms with van der Waals surface area (Å²) in [6.45, 7) is 5.95. The van der Waals surface area contributed by atoms with E-state index in [2.05, 4.69) is 43.8 Å². The molecule has 0 atom stereocenters. The van der Waals surface area contributed by atoms with E-state index in [0.29, 0.717) is 16.7 Å². The summed E-state index contributed by atoms with van der Waals surface area (Å²) >= 11 is 6.91. The van der Waals surface area contributed by atoms with Gasteiger partial charge in [-0.05, 0) is 72.1 Å². The summed E-state index contributed by atoms with van der Waals surface area (Å²) in [5, 5.41) is 0.588. The summed E-state index contributed by atoms with van der Waals surface area (Å²) in [5.74, 6) is 0.670. The second-order valence-electron chi connectivity index (χ2n) is 5.35.